The molecule has 19 heavy (non-hydrogen) atoms. The smallest absolute Gasteiger partial charge is 0.175 e. The van der Waals surface area contributed by atoms with E-state index in [1.165, 1.54) is 0 Å². The Kier molecular flexibility index (Phi) is 7.86. The summed E-state index contributed by atoms with van der Waals surface area (Å²) >= 11 is 3.51. The molecule has 0 heterocycles. The first-order valence-electron chi connectivity index (χ1n) is 6.50. The number of hydrogen-bond donors (Lipinski definition) is 1. The zero-order valence-corrected chi connectivity index (χ0v) is 13.2. The van der Waals surface area contributed by atoms with Gasteiger partial charge >= 0.3 is 0 Å². The molecule has 5 heteroatoms. The van der Waals surface area contributed by atoms with Crippen molar-refractivity contribution >= 4 is 15.9 Å². The highest BCUT2D eigenvalue weighted by Crippen LogP contribution is 2.37. The predicted molar refractivity (Wildman–Crippen MR) is 79.8 cm³/mol. The van der Waals surface area contributed by atoms with Gasteiger partial charge in [0.2, 0.25) is 0 Å². The fourth-order valence-electron chi connectivity index (χ4n) is 1.66. The Bertz CT molecular complexity index is 385. The van der Waals surface area contributed by atoms with Crippen molar-refractivity contribution in [3.05, 3.63) is 22.2 Å². The summed E-state index contributed by atoms with van der Waals surface area (Å²) in [6, 6.07) is 3.89. The zero-order valence-electron chi connectivity index (χ0n) is 11.6. The average Bonchev–Trinajstić information content (AvgIpc) is 2.41. The molecule has 0 saturated carbocycles. The lowest BCUT2D eigenvalue weighted by Gasteiger charge is -2.15. The van der Waals surface area contributed by atoms with Crippen LogP contribution in [0.4, 0.5) is 0 Å². The normalized spacial score (nSPS) is 10.5. The Labute approximate surface area is 123 Å². The molecular formula is C14H22BrNO3. The Balaban J connectivity index is 2.68. The molecule has 0 bridgehead atoms. The van der Waals surface area contributed by atoms with Crippen LogP contribution in [0.1, 0.15) is 25.3 Å². The third kappa shape index (κ3) is 5.38. The van der Waals surface area contributed by atoms with Crippen molar-refractivity contribution < 1.29 is 14.2 Å². The number of unbranched alkanes of at least 4 members (excludes halogenated alkanes) is 1. The molecule has 0 aliphatic rings. The summed E-state index contributed by atoms with van der Waals surface area (Å²) in [5, 5.41) is 0. The number of methoxy groups -OCH3 is 1. The van der Waals surface area contributed by atoms with Crippen LogP contribution < -0.4 is 15.2 Å². The van der Waals surface area contributed by atoms with Gasteiger partial charge in [0.05, 0.1) is 17.7 Å². The molecule has 0 radical (unpaired) electrons. The van der Waals surface area contributed by atoms with Crippen molar-refractivity contribution in [2.24, 2.45) is 5.73 Å². The van der Waals surface area contributed by atoms with Gasteiger partial charge in [-0.05, 0) is 53.4 Å². The molecule has 0 spiro atoms. The highest BCUT2D eigenvalue weighted by molar-refractivity contribution is 9.10. The number of rotatable bonds is 9. The Morgan fingerprint density at radius 1 is 1.16 bits per heavy atom. The molecule has 0 unspecified atom stereocenters. The molecule has 0 saturated heterocycles. The van der Waals surface area contributed by atoms with E-state index in [1.807, 2.05) is 19.1 Å². The van der Waals surface area contributed by atoms with Crippen molar-refractivity contribution in [1.29, 1.82) is 0 Å². The van der Waals surface area contributed by atoms with Crippen molar-refractivity contribution in [3.8, 4) is 11.5 Å². The highest BCUT2D eigenvalue weighted by Gasteiger charge is 2.11. The van der Waals surface area contributed by atoms with Crippen molar-refractivity contribution in [1.82, 2.24) is 0 Å². The van der Waals surface area contributed by atoms with Gasteiger partial charge in [-0.15, -0.1) is 0 Å². The summed E-state index contributed by atoms with van der Waals surface area (Å²) in [6.07, 6.45) is 1.93. The Hall–Kier alpha value is -0.780. The van der Waals surface area contributed by atoms with Gasteiger partial charge in [-0.2, -0.15) is 0 Å². The van der Waals surface area contributed by atoms with Gasteiger partial charge in [-0.3, -0.25) is 0 Å². The van der Waals surface area contributed by atoms with Crippen LogP contribution in [0, 0.1) is 0 Å². The van der Waals surface area contributed by atoms with Gasteiger partial charge in [0.25, 0.3) is 0 Å². The van der Waals surface area contributed by atoms with Gasteiger partial charge in [-0.25, -0.2) is 0 Å². The second-order valence-corrected chi connectivity index (χ2v) is 4.94. The lowest BCUT2D eigenvalue weighted by molar-refractivity contribution is 0.183. The van der Waals surface area contributed by atoms with Crippen molar-refractivity contribution in [3.63, 3.8) is 0 Å². The largest absolute Gasteiger partial charge is 0.490 e. The maximum atomic E-state index is 5.80. The predicted octanol–water partition coefficient (Wildman–Crippen LogP) is 3.11. The van der Waals surface area contributed by atoms with E-state index in [1.54, 1.807) is 7.11 Å². The van der Waals surface area contributed by atoms with Crippen LogP contribution in [0.15, 0.2) is 16.6 Å². The van der Waals surface area contributed by atoms with E-state index >= 15 is 0 Å². The van der Waals surface area contributed by atoms with Crippen LogP contribution in [0.5, 0.6) is 11.5 Å². The van der Waals surface area contributed by atoms with Crippen molar-refractivity contribution in [2.45, 2.75) is 26.3 Å². The fourth-order valence-corrected chi connectivity index (χ4v) is 2.27. The van der Waals surface area contributed by atoms with Crippen LogP contribution in [0.3, 0.4) is 0 Å². The maximum absolute atomic E-state index is 5.80. The van der Waals surface area contributed by atoms with Crippen LogP contribution in [0.2, 0.25) is 0 Å². The molecule has 4 nitrogen and oxygen atoms in total. The van der Waals surface area contributed by atoms with Gasteiger partial charge in [0, 0.05) is 20.3 Å². The topological polar surface area (TPSA) is 53.7 Å². The molecule has 1 aromatic carbocycles. The number of nitrogens with two attached hydrogens (primary N) is 1. The van der Waals surface area contributed by atoms with Crippen molar-refractivity contribution in [2.75, 3.05) is 26.9 Å². The summed E-state index contributed by atoms with van der Waals surface area (Å²) in [4.78, 5) is 0. The first kappa shape index (κ1) is 16.3. The summed E-state index contributed by atoms with van der Waals surface area (Å²) in [5.41, 5.74) is 6.67. The third-order valence-corrected chi connectivity index (χ3v) is 3.18. The van der Waals surface area contributed by atoms with E-state index in [0.717, 1.165) is 41.0 Å². The van der Waals surface area contributed by atoms with Gasteiger partial charge in [0.15, 0.2) is 11.5 Å². The lowest BCUT2D eigenvalue weighted by atomic mass is 10.2. The van der Waals surface area contributed by atoms with E-state index in [-0.39, 0.29) is 0 Å². The second-order valence-electron chi connectivity index (χ2n) is 4.09. The number of benzene rings is 1. The molecule has 0 amide bonds. The second kappa shape index (κ2) is 9.18. The number of halogens is 1. The minimum Gasteiger partial charge on any atom is -0.490 e. The molecule has 2 N–H and O–H groups in total. The minimum atomic E-state index is 0.479. The van der Waals surface area contributed by atoms with Crippen LogP contribution in [-0.2, 0) is 11.3 Å². The zero-order chi connectivity index (χ0) is 14.1. The van der Waals surface area contributed by atoms with Gasteiger partial charge < -0.3 is 19.9 Å². The summed E-state index contributed by atoms with van der Waals surface area (Å²) in [6.45, 7) is 4.43. The highest BCUT2D eigenvalue weighted by atomic mass is 79.9. The SMILES string of the molecule is CCOc1cc(CN)cc(Br)c1OCCCCOC. The molecule has 0 aromatic heterocycles. The van der Waals surface area contributed by atoms with Crippen LogP contribution in [0.25, 0.3) is 0 Å². The number of hydrogen-bond acceptors (Lipinski definition) is 4. The summed E-state index contributed by atoms with van der Waals surface area (Å²) in [5.74, 6) is 1.49. The quantitative estimate of drug-likeness (QED) is 0.706. The average molecular weight is 332 g/mol. The van der Waals surface area contributed by atoms with E-state index in [0.29, 0.717) is 19.8 Å². The standard InChI is InChI=1S/C14H22BrNO3/c1-3-18-13-9-11(10-16)8-12(15)14(13)19-7-5-4-6-17-2/h8-9H,3-7,10,16H2,1-2H3. The molecule has 0 aliphatic carbocycles. The summed E-state index contributed by atoms with van der Waals surface area (Å²) in [7, 11) is 1.70. The van der Waals surface area contributed by atoms with E-state index in [2.05, 4.69) is 15.9 Å². The van der Waals surface area contributed by atoms with Crippen LogP contribution >= 0.6 is 15.9 Å². The Morgan fingerprint density at radius 3 is 2.53 bits per heavy atom. The molecular weight excluding hydrogens is 310 g/mol. The fraction of sp³-hybridized carbons (Fsp3) is 0.571. The van der Waals surface area contributed by atoms with Gasteiger partial charge in [0.1, 0.15) is 0 Å². The minimum absolute atomic E-state index is 0.479. The molecule has 108 valence electrons. The Morgan fingerprint density at radius 2 is 1.89 bits per heavy atom. The van der Waals surface area contributed by atoms with E-state index < -0.39 is 0 Å². The van der Waals surface area contributed by atoms with Crippen LogP contribution in [-0.4, -0.2) is 26.9 Å². The molecule has 0 aliphatic heterocycles. The number of ether oxygens (including phenoxy) is 3. The first-order chi connectivity index (χ1) is 9.22. The maximum Gasteiger partial charge on any atom is 0.175 e. The third-order valence-electron chi connectivity index (χ3n) is 2.59. The molecule has 0 atom stereocenters. The molecule has 0 fully saturated rings. The molecule has 1 aromatic rings. The van der Waals surface area contributed by atoms with E-state index in [4.69, 9.17) is 19.9 Å². The monoisotopic (exact) mass is 331 g/mol. The first-order valence-corrected chi connectivity index (χ1v) is 7.29. The lowest BCUT2D eigenvalue weighted by Crippen LogP contribution is -2.05. The van der Waals surface area contributed by atoms with E-state index in [9.17, 15) is 0 Å². The van der Waals surface area contributed by atoms with Gasteiger partial charge in [-0.1, -0.05) is 0 Å². The summed E-state index contributed by atoms with van der Waals surface area (Å²) < 4.78 is 17.3. The molecule has 1 rings (SSSR count).